The quantitative estimate of drug-likeness (QED) is 0.639. The average Bonchev–Trinajstić information content (AvgIpc) is 3.38. The van der Waals surface area contributed by atoms with E-state index in [1.54, 1.807) is 32.0 Å². The molecule has 0 fully saturated rings. The lowest BCUT2D eigenvalue weighted by molar-refractivity contribution is -0.142. The predicted octanol–water partition coefficient (Wildman–Crippen LogP) is 3.68. The maximum absolute atomic E-state index is 13.8. The molecule has 160 valence electrons. The third-order valence-corrected chi connectivity index (χ3v) is 5.03. The van der Waals surface area contributed by atoms with Gasteiger partial charge in [0.2, 0.25) is 6.79 Å². The molecule has 1 amide bonds. The van der Waals surface area contributed by atoms with Crippen LogP contribution in [0.4, 0.5) is 13.2 Å². The highest BCUT2D eigenvalue weighted by atomic mass is 19.4. The van der Waals surface area contributed by atoms with E-state index in [1.807, 2.05) is 0 Å². The molecule has 1 aromatic carbocycles. The first kappa shape index (κ1) is 20.5. The smallest absolute Gasteiger partial charge is 0.433 e. The van der Waals surface area contributed by atoms with Crippen LogP contribution < -0.4 is 14.8 Å². The summed E-state index contributed by atoms with van der Waals surface area (Å²) in [5.74, 6) is 2.68. The van der Waals surface area contributed by atoms with Crippen LogP contribution >= 0.6 is 0 Å². The van der Waals surface area contributed by atoms with Crippen molar-refractivity contribution in [1.82, 2.24) is 19.9 Å². The molecule has 10 heteroatoms. The van der Waals surface area contributed by atoms with Crippen LogP contribution in [0.25, 0.3) is 16.9 Å². The zero-order valence-electron chi connectivity index (χ0n) is 16.6. The van der Waals surface area contributed by atoms with Crippen molar-refractivity contribution in [2.24, 2.45) is 0 Å². The molecule has 1 aliphatic heterocycles. The minimum absolute atomic E-state index is 0.0362. The van der Waals surface area contributed by atoms with E-state index in [9.17, 15) is 18.0 Å². The van der Waals surface area contributed by atoms with E-state index >= 15 is 0 Å². The minimum atomic E-state index is -4.73. The number of aromatic nitrogens is 3. The van der Waals surface area contributed by atoms with E-state index in [0.717, 1.165) is 6.07 Å². The first-order chi connectivity index (χ1) is 14.6. The minimum Gasteiger partial charge on any atom is -0.454 e. The summed E-state index contributed by atoms with van der Waals surface area (Å²) in [5.41, 5.74) is -1.94. The lowest BCUT2D eigenvalue weighted by Gasteiger charge is -2.22. The van der Waals surface area contributed by atoms with Gasteiger partial charge in [-0.1, -0.05) is 12.8 Å². The summed E-state index contributed by atoms with van der Waals surface area (Å²) in [4.78, 5) is 16.8. The van der Waals surface area contributed by atoms with Crippen LogP contribution in [0.15, 0.2) is 30.3 Å². The molecule has 0 unspecified atom stereocenters. The van der Waals surface area contributed by atoms with Gasteiger partial charge in [0.05, 0.1) is 11.2 Å². The molecule has 3 aromatic rings. The Labute approximate surface area is 175 Å². The van der Waals surface area contributed by atoms with E-state index in [2.05, 4.69) is 21.3 Å². The number of benzene rings is 1. The number of carbonyl (C=O) groups excluding carboxylic acids is 1. The fourth-order valence-electron chi connectivity index (χ4n) is 3.03. The average molecular weight is 430 g/mol. The second kappa shape index (κ2) is 7.19. The second-order valence-corrected chi connectivity index (χ2v) is 7.18. The van der Waals surface area contributed by atoms with E-state index in [1.165, 1.54) is 6.07 Å². The van der Waals surface area contributed by atoms with Crippen molar-refractivity contribution in [3.05, 3.63) is 41.7 Å². The van der Waals surface area contributed by atoms with Crippen LogP contribution in [0.5, 0.6) is 11.5 Å². The lowest BCUT2D eigenvalue weighted by atomic mass is 10.0. The van der Waals surface area contributed by atoms with Crippen molar-refractivity contribution in [3.63, 3.8) is 0 Å². The Balaban J connectivity index is 1.81. The maximum atomic E-state index is 13.8. The second-order valence-electron chi connectivity index (χ2n) is 7.18. The van der Waals surface area contributed by atoms with Crippen LogP contribution in [0.3, 0.4) is 0 Å². The molecule has 1 atom stereocenters. The summed E-state index contributed by atoms with van der Waals surface area (Å²) in [6.07, 6.45) is 1.15. The highest BCUT2D eigenvalue weighted by Crippen LogP contribution is 2.37. The normalized spacial score (nSPS) is 14.8. The molecule has 0 spiro atoms. The van der Waals surface area contributed by atoms with E-state index in [4.69, 9.17) is 15.9 Å². The Morgan fingerprint density at radius 1 is 1.26 bits per heavy atom. The van der Waals surface area contributed by atoms with Gasteiger partial charge in [-0.25, -0.2) is 9.50 Å². The first-order valence-electron chi connectivity index (χ1n) is 9.32. The maximum Gasteiger partial charge on any atom is 0.433 e. The van der Waals surface area contributed by atoms with Crippen molar-refractivity contribution in [2.75, 3.05) is 6.79 Å². The number of ether oxygens (including phenoxy) is 2. The highest BCUT2D eigenvalue weighted by molar-refractivity contribution is 5.94. The van der Waals surface area contributed by atoms with Gasteiger partial charge >= 0.3 is 6.18 Å². The van der Waals surface area contributed by atoms with E-state index in [-0.39, 0.29) is 23.8 Å². The first-order valence-corrected chi connectivity index (χ1v) is 9.32. The molecular formula is C21H17F3N4O3. The van der Waals surface area contributed by atoms with Crippen LogP contribution in [0.2, 0.25) is 0 Å². The summed E-state index contributed by atoms with van der Waals surface area (Å²) in [6.45, 7) is 3.46. The summed E-state index contributed by atoms with van der Waals surface area (Å²) >= 11 is 0. The molecule has 0 radical (unpaired) electrons. The number of terminal acetylenes is 1. The topological polar surface area (TPSA) is 77.8 Å². The Bertz CT molecular complexity index is 1230. The number of hydrogen-bond acceptors (Lipinski definition) is 5. The van der Waals surface area contributed by atoms with Gasteiger partial charge in [0.15, 0.2) is 28.5 Å². The van der Waals surface area contributed by atoms with E-state index < -0.39 is 23.3 Å². The predicted molar refractivity (Wildman–Crippen MR) is 105 cm³/mol. The van der Waals surface area contributed by atoms with Crippen molar-refractivity contribution < 1.29 is 27.4 Å². The highest BCUT2D eigenvalue weighted by Gasteiger charge is 2.36. The number of nitrogens with zero attached hydrogens (tertiary/aromatic N) is 3. The molecular weight excluding hydrogens is 413 g/mol. The Morgan fingerprint density at radius 2 is 2.00 bits per heavy atom. The van der Waals surface area contributed by atoms with Gasteiger partial charge < -0.3 is 14.8 Å². The summed E-state index contributed by atoms with van der Waals surface area (Å²) in [6, 6.07) is 6.78. The lowest BCUT2D eigenvalue weighted by Crippen LogP contribution is -2.44. The standard InChI is InChI=1S/C21H17F3N4O3/c1-4-20(3,5-2)26-19(29)14-10-18-25-13(9-17(21(22,23)24)28(18)27-14)12-6-7-15-16(8-12)31-11-30-15/h1,6-10H,5,11H2,2-3H3,(H,26,29)/t20-/m0/s1. The number of nitrogens with one attached hydrogen (secondary N) is 1. The molecule has 7 nitrogen and oxygen atoms in total. The molecule has 0 saturated heterocycles. The van der Waals surface area contributed by atoms with Gasteiger partial charge in [-0.05, 0) is 37.6 Å². The molecule has 1 aliphatic rings. The van der Waals surface area contributed by atoms with Gasteiger partial charge in [-0.2, -0.15) is 18.3 Å². The number of rotatable bonds is 4. The summed E-state index contributed by atoms with van der Waals surface area (Å²) in [7, 11) is 0. The molecule has 0 aliphatic carbocycles. The van der Waals surface area contributed by atoms with Crippen LogP contribution in [0, 0.1) is 12.3 Å². The van der Waals surface area contributed by atoms with E-state index in [0.29, 0.717) is 28.0 Å². The SMILES string of the molecule is C#C[C@@](C)(CC)NC(=O)c1cc2nc(-c3ccc4c(c3)OCO4)cc(C(F)(F)F)n2n1. The van der Waals surface area contributed by atoms with Gasteiger partial charge in [-0.3, -0.25) is 4.79 Å². The summed E-state index contributed by atoms with van der Waals surface area (Å²) in [5, 5.41) is 6.45. The summed E-state index contributed by atoms with van der Waals surface area (Å²) < 4.78 is 52.4. The molecule has 1 N–H and O–H groups in total. The largest absolute Gasteiger partial charge is 0.454 e. The molecule has 0 saturated carbocycles. The Kier molecular flexibility index (Phi) is 4.76. The number of carbonyl (C=O) groups is 1. The van der Waals surface area contributed by atoms with Gasteiger partial charge in [0.25, 0.3) is 5.91 Å². The van der Waals surface area contributed by atoms with Gasteiger partial charge in [0.1, 0.15) is 0 Å². The van der Waals surface area contributed by atoms with Crippen molar-refractivity contribution in [1.29, 1.82) is 0 Å². The molecule has 31 heavy (non-hydrogen) atoms. The van der Waals surface area contributed by atoms with Crippen LogP contribution in [-0.2, 0) is 6.18 Å². The van der Waals surface area contributed by atoms with Crippen LogP contribution in [-0.4, -0.2) is 32.8 Å². The molecule has 0 bridgehead atoms. The zero-order chi connectivity index (χ0) is 22.4. The number of hydrogen-bond donors (Lipinski definition) is 1. The fraction of sp³-hybridized carbons (Fsp3) is 0.286. The zero-order valence-corrected chi connectivity index (χ0v) is 16.6. The Hall–Kier alpha value is -3.74. The molecule has 4 rings (SSSR count). The monoisotopic (exact) mass is 430 g/mol. The number of alkyl halides is 3. The molecule has 2 aromatic heterocycles. The third kappa shape index (κ3) is 3.74. The van der Waals surface area contributed by atoms with Gasteiger partial charge in [-0.15, -0.1) is 6.42 Å². The Morgan fingerprint density at radius 3 is 2.68 bits per heavy atom. The molecule has 3 heterocycles. The number of halogens is 3. The van der Waals surface area contributed by atoms with Crippen molar-refractivity contribution in [2.45, 2.75) is 32.0 Å². The van der Waals surface area contributed by atoms with Crippen molar-refractivity contribution >= 4 is 11.6 Å². The fourth-order valence-corrected chi connectivity index (χ4v) is 3.03. The number of fused-ring (bicyclic) bond motifs is 2. The van der Waals surface area contributed by atoms with Gasteiger partial charge in [0, 0.05) is 11.6 Å². The third-order valence-electron chi connectivity index (χ3n) is 5.03. The van der Waals surface area contributed by atoms with Crippen LogP contribution in [0.1, 0.15) is 36.5 Å². The van der Waals surface area contributed by atoms with Crippen molar-refractivity contribution in [3.8, 4) is 35.1 Å². The number of amides is 1.